The van der Waals surface area contributed by atoms with Gasteiger partial charge in [0.25, 0.3) is 0 Å². The maximum absolute atomic E-state index is 13.7. The molecule has 3 rings (SSSR count). The Morgan fingerprint density at radius 2 is 1.96 bits per heavy atom. The third kappa shape index (κ3) is 4.15. The van der Waals surface area contributed by atoms with Gasteiger partial charge in [0.2, 0.25) is 5.91 Å². The van der Waals surface area contributed by atoms with Gasteiger partial charge in [-0.3, -0.25) is 9.36 Å². The standard InChI is InChI=1S/C18H14ClF3N4OS/c1-9-3-4-11(7-12(9)19)26-8-23-25-18(26)28-10(2)17(27)24-14-6-5-13(20)15(21)16(14)22/h3-8,10H,1-2H3,(H,24,27)/t10-/m1/s1. The first-order valence-corrected chi connectivity index (χ1v) is 9.31. The monoisotopic (exact) mass is 426 g/mol. The van der Waals surface area contributed by atoms with Gasteiger partial charge in [0.1, 0.15) is 6.33 Å². The summed E-state index contributed by atoms with van der Waals surface area (Å²) in [4.78, 5) is 12.3. The highest BCUT2D eigenvalue weighted by Crippen LogP contribution is 2.27. The molecule has 1 heterocycles. The van der Waals surface area contributed by atoms with Crippen molar-refractivity contribution in [2.75, 3.05) is 5.32 Å². The predicted molar refractivity (Wildman–Crippen MR) is 101 cm³/mol. The van der Waals surface area contributed by atoms with Gasteiger partial charge in [-0.05, 0) is 43.7 Å². The fourth-order valence-electron chi connectivity index (χ4n) is 2.28. The number of thioether (sulfide) groups is 1. The number of aromatic nitrogens is 3. The first kappa shape index (κ1) is 20.2. The smallest absolute Gasteiger partial charge is 0.237 e. The van der Waals surface area contributed by atoms with Crippen LogP contribution in [0.5, 0.6) is 0 Å². The van der Waals surface area contributed by atoms with Crippen LogP contribution in [-0.2, 0) is 4.79 Å². The lowest BCUT2D eigenvalue weighted by molar-refractivity contribution is -0.115. The summed E-state index contributed by atoms with van der Waals surface area (Å²) in [5.74, 6) is -5.04. The summed E-state index contributed by atoms with van der Waals surface area (Å²) in [7, 11) is 0. The van der Waals surface area contributed by atoms with Crippen LogP contribution >= 0.6 is 23.4 Å². The second-order valence-corrected chi connectivity index (χ2v) is 7.60. The van der Waals surface area contributed by atoms with Crippen molar-refractivity contribution in [3.8, 4) is 5.69 Å². The predicted octanol–water partition coefficient (Wildman–Crippen LogP) is 4.77. The Hall–Kier alpha value is -2.52. The van der Waals surface area contributed by atoms with Gasteiger partial charge in [-0.1, -0.05) is 29.4 Å². The molecule has 28 heavy (non-hydrogen) atoms. The van der Waals surface area contributed by atoms with Crippen LogP contribution in [0.3, 0.4) is 0 Å². The highest BCUT2D eigenvalue weighted by Gasteiger charge is 2.21. The fraction of sp³-hybridized carbons (Fsp3) is 0.167. The number of halogens is 4. The Morgan fingerprint density at radius 3 is 2.68 bits per heavy atom. The van der Waals surface area contributed by atoms with Crippen LogP contribution in [0.4, 0.5) is 18.9 Å². The van der Waals surface area contributed by atoms with Gasteiger partial charge in [0.15, 0.2) is 22.6 Å². The number of carbonyl (C=O) groups is 1. The van der Waals surface area contributed by atoms with E-state index in [4.69, 9.17) is 11.6 Å². The topological polar surface area (TPSA) is 59.8 Å². The van der Waals surface area contributed by atoms with Crippen LogP contribution in [-0.4, -0.2) is 25.9 Å². The molecule has 5 nitrogen and oxygen atoms in total. The maximum atomic E-state index is 13.7. The molecule has 1 amide bonds. The van der Waals surface area contributed by atoms with E-state index in [9.17, 15) is 18.0 Å². The van der Waals surface area contributed by atoms with Crippen LogP contribution < -0.4 is 5.32 Å². The zero-order valence-corrected chi connectivity index (χ0v) is 16.3. The molecule has 1 N–H and O–H groups in total. The van der Waals surface area contributed by atoms with E-state index in [1.807, 2.05) is 19.1 Å². The molecule has 0 unspecified atom stereocenters. The minimum atomic E-state index is -1.64. The van der Waals surface area contributed by atoms with E-state index in [2.05, 4.69) is 15.5 Å². The molecule has 0 aliphatic heterocycles. The fourth-order valence-corrected chi connectivity index (χ4v) is 3.30. The molecule has 0 aliphatic carbocycles. The number of anilines is 1. The molecule has 10 heteroatoms. The van der Waals surface area contributed by atoms with Crippen molar-refractivity contribution in [1.82, 2.24) is 14.8 Å². The highest BCUT2D eigenvalue weighted by atomic mass is 35.5. The average molecular weight is 427 g/mol. The Kier molecular flexibility index (Phi) is 5.95. The van der Waals surface area contributed by atoms with E-state index in [0.29, 0.717) is 15.9 Å². The molecule has 1 atom stereocenters. The van der Waals surface area contributed by atoms with E-state index < -0.39 is 34.3 Å². The summed E-state index contributed by atoms with van der Waals surface area (Å²) in [6, 6.07) is 7.11. The first-order valence-electron chi connectivity index (χ1n) is 8.05. The molecule has 0 aliphatic rings. The van der Waals surface area contributed by atoms with Gasteiger partial charge in [-0.2, -0.15) is 0 Å². The zero-order valence-electron chi connectivity index (χ0n) is 14.7. The van der Waals surface area contributed by atoms with Crippen LogP contribution in [0.2, 0.25) is 5.02 Å². The molecule has 1 aromatic heterocycles. The van der Waals surface area contributed by atoms with Crippen molar-refractivity contribution in [3.63, 3.8) is 0 Å². The highest BCUT2D eigenvalue weighted by molar-refractivity contribution is 8.00. The second-order valence-electron chi connectivity index (χ2n) is 5.89. The van der Waals surface area contributed by atoms with Crippen LogP contribution in [0.15, 0.2) is 41.8 Å². The maximum Gasteiger partial charge on any atom is 0.237 e. The molecular formula is C18H14ClF3N4OS. The molecule has 0 spiro atoms. The van der Waals surface area contributed by atoms with Gasteiger partial charge in [-0.15, -0.1) is 10.2 Å². The van der Waals surface area contributed by atoms with Gasteiger partial charge in [0.05, 0.1) is 16.6 Å². The van der Waals surface area contributed by atoms with E-state index in [-0.39, 0.29) is 0 Å². The van der Waals surface area contributed by atoms with Gasteiger partial charge < -0.3 is 5.32 Å². The quantitative estimate of drug-likeness (QED) is 0.472. The molecule has 0 radical (unpaired) electrons. The Morgan fingerprint density at radius 1 is 1.21 bits per heavy atom. The summed E-state index contributed by atoms with van der Waals surface area (Å²) in [5, 5.41) is 10.3. The lowest BCUT2D eigenvalue weighted by atomic mass is 10.2. The number of hydrogen-bond donors (Lipinski definition) is 1. The molecule has 0 saturated carbocycles. The SMILES string of the molecule is Cc1ccc(-n2cnnc2S[C@H](C)C(=O)Nc2ccc(F)c(F)c2F)cc1Cl. The summed E-state index contributed by atoms with van der Waals surface area (Å²) < 4.78 is 41.7. The van der Waals surface area contributed by atoms with Crippen molar-refractivity contribution in [3.05, 3.63) is 64.7 Å². The molecule has 0 saturated heterocycles. The number of aryl methyl sites for hydroxylation is 1. The minimum absolute atomic E-state index is 0.410. The first-order chi connectivity index (χ1) is 13.3. The normalized spacial score (nSPS) is 12.1. The summed E-state index contributed by atoms with van der Waals surface area (Å²) in [5.41, 5.74) is 1.18. The van der Waals surface area contributed by atoms with E-state index >= 15 is 0 Å². The summed E-state index contributed by atoms with van der Waals surface area (Å²) in [6.45, 7) is 3.44. The number of benzene rings is 2. The third-order valence-corrected chi connectivity index (χ3v) is 5.36. The Bertz CT molecular complexity index is 1040. The Labute approximate surface area is 167 Å². The number of carbonyl (C=O) groups excluding carboxylic acids is 1. The molecule has 0 bridgehead atoms. The van der Waals surface area contributed by atoms with Crippen molar-refractivity contribution in [2.45, 2.75) is 24.3 Å². The molecule has 2 aromatic carbocycles. The third-order valence-electron chi connectivity index (χ3n) is 3.89. The van der Waals surface area contributed by atoms with E-state index in [0.717, 1.165) is 29.5 Å². The number of hydrogen-bond acceptors (Lipinski definition) is 4. The molecular weight excluding hydrogens is 413 g/mol. The van der Waals surface area contributed by atoms with Gasteiger partial charge in [-0.25, -0.2) is 13.2 Å². The van der Waals surface area contributed by atoms with Gasteiger partial charge in [0, 0.05) is 5.02 Å². The lowest BCUT2D eigenvalue weighted by Crippen LogP contribution is -2.23. The van der Waals surface area contributed by atoms with Gasteiger partial charge >= 0.3 is 0 Å². The van der Waals surface area contributed by atoms with Crippen molar-refractivity contribution in [2.24, 2.45) is 0 Å². The van der Waals surface area contributed by atoms with Crippen molar-refractivity contribution < 1.29 is 18.0 Å². The van der Waals surface area contributed by atoms with Crippen LogP contribution in [0.1, 0.15) is 12.5 Å². The Balaban J connectivity index is 1.76. The van der Waals surface area contributed by atoms with Crippen LogP contribution in [0, 0.1) is 24.4 Å². The largest absolute Gasteiger partial charge is 0.323 e. The summed E-state index contributed by atoms with van der Waals surface area (Å²) >= 11 is 7.22. The number of amides is 1. The second kappa shape index (κ2) is 8.24. The molecule has 146 valence electrons. The zero-order chi connectivity index (χ0) is 20.4. The molecule has 0 fully saturated rings. The lowest BCUT2D eigenvalue weighted by Gasteiger charge is -2.13. The number of nitrogens with zero attached hydrogens (tertiary/aromatic N) is 3. The van der Waals surface area contributed by atoms with Crippen molar-refractivity contribution >= 4 is 35.0 Å². The van der Waals surface area contributed by atoms with E-state index in [1.54, 1.807) is 17.6 Å². The van der Waals surface area contributed by atoms with Crippen LogP contribution in [0.25, 0.3) is 5.69 Å². The number of nitrogens with one attached hydrogen (secondary N) is 1. The average Bonchev–Trinajstić information content (AvgIpc) is 3.12. The summed E-state index contributed by atoms with van der Waals surface area (Å²) in [6.07, 6.45) is 1.48. The molecule has 3 aromatic rings. The number of rotatable bonds is 5. The van der Waals surface area contributed by atoms with E-state index in [1.165, 1.54) is 6.33 Å². The van der Waals surface area contributed by atoms with Crippen molar-refractivity contribution in [1.29, 1.82) is 0 Å². The minimum Gasteiger partial charge on any atom is -0.323 e.